The number of aromatic nitrogens is 3. The molecule has 2 aromatic rings. The number of hydrogen-bond acceptors (Lipinski definition) is 2. The normalized spacial score (nSPS) is 10.7. The molecule has 0 unspecified atom stereocenters. The van der Waals surface area contributed by atoms with E-state index in [0.29, 0.717) is 10.2 Å². The molecule has 0 saturated heterocycles. The summed E-state index contributed by atoms with van der Waals surface area (Å²) in [6.07, 6.45) is 4.92. The summed E-state index contributed by atoms with van der Waals surface area (Å²) in [5, 5.41) is 4.67. The van der Waals surface area contributed by atoms with E-state index in [4.69, 9.17) is 23.2 Å². The van der Waals surface area contributed by atoms with Gasteiger partial charge in [-0.05, 0) is 0 Å². The molecule has 2 heterocycles. The van der Waals surface area contributed by atoms with E-state index in [1.165, 1.54) is 0 Å². The van der Waals surface area contributed by atoms with Gasteiger partial charge in [0.1, 0.15) is 10.5 Å². The van der Waals surface area contributed by atoms with Crippen LogP contribution in [0.15, 0.2) is 18.6 Å². The van der Waals surface area contributed by atoms with E-state index in [1.807, 2.05) is 0 Å². The molecule has 0 aliphatic heterocycles. The third-order valence-electron chi connectivity index (χ3n) is 1.34. The first-order valence-electron chi connectivity index (χ1n) is 2.92. The van der Waals surface area contributed by atoms with Crippen molar-refractivity contribution in [2.75, 3.05) is 0 Å². The highest BCUT2D eigenvalue weighted by atomic mass is 35.5. The summed E-state index contributed by atoms with van der Waals surface area (Å²) in [7, 11) is 0. The smallest absolute Gasteiger partial charge is 0.170 e. The second-order valence-corrected chi connectivity index (χ2v) is 2.75. The summed E-state index contributed by atoms with van der Waals surface area (Å²) in [6, 6.07) is 0. The Labute approximate surface area is 72.6 Å². The molecule has 0 aliphatic carbocycles. The van der Waals surface area contributed by atoms with Crippen LogP contribution in [0.5, 0.6) is 0 Å². The van der Waals surface area contributed by atoms with Crippen molar-refractivity contribution in [1.82, 2.24) is 14.6 Å². The van der Waals surface area contributed by atoms with Gasteiger partial charge in [-0.1, -0.05) is 23.2 Å². The summed E-state index contributed by atoms with van der Waals surface area (Å²) >= 11 is 11.4. The predicted molar refractivity (Wildman–Crippen MR) is 43.0 cm³/mol. The predicted octanol–water partition coefficient (Wildman–Crippen LogP) is 2.04. The van der Waals surface area contributed by atoms with Gasteiger partial charge in [0.05, 0.1) is 6.20 Å². The van der Waals surface area contributed by atoms with E-state index in [2.05, 4.69) is 10.1 Å². The minimum Gasteiger partial charge on any atom is -0.261 e. The van der Waals surface area contributed by atoms with Gasteiger partial charge in [-0.2, -0.15) is 5.10 Å². The first-order chi connectivity index (χ1) is 5.29. The van der Waals surface area contributed by atoms with Gasteiger partial charge < -0.3 is 0 Å². The summed E-state index contributed by atoms with van der Waals surface area (Å²) in [6.45, 7) is 0. The van der Waals surface area contributed by atoms with Crippen molar-refractivity contribution in [2.24, 2.45) is 0 Å². The zero-order valence-corrected chi connectivity index (χ0v) is 6.84. The van der Waals surface area contributed by atoms with Crippen LogP contribution in [0.4, 0.5) is 0 Å². The average Bonchev–Trinajstić information content (AvgIpc) is 2.30. The fourth-order valence-electron chi connectivity index (χ4n) is 0.843. The summed E-state index contributed by atoms with van der Waals surface area (Å²) < 4.78 is 1.58. The Kier molecular flexibility index (Phi) is 1.47. The van der Waals surface area contributed by atoms with Gasteiger partial charge in [-0.3, -0.25) is 4.98 Å². The Bertz CT molecular complexity index is 396. The lowest BCUT2D eigenvalue weighted by molar-refractivity contribution is 0.946. The number of hydrogen-bond donors (Lipinski definition) is 0. The molecule has 0 fully saturated rings. The number of rotatable bonds is 0. The van der Waals surface area contributed by atoms with Gasteiger partial charge in [0, 0.05) is 12.4 Å². The molecule has 0 aromatic carbocycles. The van der Waals surface area contributed by atoms with Crippen LogP contribution in [0.1, 0.15) is 0 Å². The first kappa shape index (κ1) is 6.88. The van der Waals surface area contributed by atoms with Crippen LogP contribution >= 0.6 is 23.2 Å². The van der Waals surface area contributed by atoms with E-state index in [0.717, 1.165) is 5.52 Å². The third-order valence-corrected chi connectivity index (χ3v) is 2.07. The molecule has 0 saturated carbocycles. The highest BCUT2D eigenvalue weighted by molar-refractivity contribution is 6.43. The van der Waals surface area contributed by atoms with Gasteiger partial charge in [0.25, 0.3) is 0 Å². The van der Waals surface area contributed by atoms with Crippen molar-refractivity contribution < 1.29 is 0 Å². The van der Waals surface area contributed by atoms with Crippen molar-refractivity contribution in [3.63, 3.8) is 0 Å². The molecule has 5 heteroatoms. The van der Waals surface area contributed by atoms with E-state index in [9.17, 15) is 0 Å². The zero-order chi connectivity index (χ0) is 7.84. The molecule has 11 heavy (non-hydrogen) atoms. The molecule has 0 atom stereocenters. The second kappa shape index (κ2) is 2.36. The maximum Gasteiger partial charge on any atom is 0.170 e. The molecule has 0 amide bonds. The topological polar surface area (TPSA) is 30.2 Å². The molecule has 2 aromatic heterocycles. The van der Waals surface area contributed by atoms with Crippen LogP contribution in [0.2, 0.25) is 10.2 Å². The van der Waals surface area contributed by atoms with Crippen molar-refractivity contribution in [3.8, 4) is 0 Å². The molecule has 0 aliphatic rings. The molecular formula is C6H3Cl2N3. The molecule has 56 valence electrons. The number of nitrogens with zero attached hydrogens (tertiary/aromatic N) is 3. The Balaban J connectivity index is 2.92. The van der Waals surface area contributed by atoms with Gasteiger partial charge in [0.15, 0.2) is 5.15 Å². The van der Waals surface area contributed by atoms with E-state index in [-0.39, 0.29) is 0 Å². The van der Waals surface area contributed by atoms with Gasteiger partial charge in [-0.25, -0.2) is 4.52 Å². The van der Waals surface area contributed by atoms with Gasteiger partial charge in [-0.15, -0.1) is 0 Å². The molecule has 0 bridgehead atoms. The minimum atomic E-state index is 0.305. The van der Waals surface area contributed by atoms with Crippen LogP contribution in [0.3, 0.4) is 0 Å². The van der Waals surface area contributed by atoms with Gasteiger partial charge in [0.2, 0.25) is 0 Å². The van der Waals surface area contributed by atoms with Crippen LogP contribution < -0.4 is 0 Å². The summed E-state index contributed by atoms with van der Waals surface area (Å²) in [4.78, 5) is 3.88. The van der Waals surface area contributed by atoms with Crippen LogP contribution in [-0.2, 0) is 0 Å². The quantitative estimate of drug-likeness (QED) is 0.633. The van der Waals surface area contributed by atoms with E-state index < -0.39 is 0 Å². The van der Waals surface area contributed by atoms with E-state index >= 15 is 0 Å². The zero-order valence-electron chi connectivity index (χ0n) is 5.33. The number of halogens is 2. The van der Waals surface area contributed by atoms with Crippen molar-refractivity contribution in [1.29, 1.82) is 0 Å². The maximum absolute atomic E-state index is 5.79. The molecule has 0 spiro atoms. The van der Waals surface area contributed by atoms with Crippen LogP contribution in [-0.4, -0.2) is 14.6 Å². The largest absolute Gasteiger partial charge is 0.261 e. The van der Waals surface area contributed by atoms with Crippen molar-refractivity contribution in [2.45, 2.75) is 0 Å². The fourth-order valence-corrected chi connectivity index (χ4v) is 1.19. The lowest BCUT2D eigenvalue weighted by Gasteiger charge is -1.87. The monoisotopic (exact) mass is 187 g/mol. The molecule has 2 rings (SSSR count). The Morgan fingerprint density at radius 3 is 2.91 bits per heavy atom. The van der Waals surface area contributed by atoms with Crippen LogP contribution in [0, 0.1) is 0 Å². The first-order valence-corrected chi connectivity index (χ1v) is 3.68. The standard InChI is InChI=1S/C6H3Cl2N3/c7-5-4-3-9-1-2-11(4)10-6(5)8/h1-3H. The lowest BCUT2D eigenvalue weighted by Crippen LogP contribution is -1.84. The number of fused-ring (bicyclic) bond motifs is 1. The highest BCUT2D eigenvalue weighted by Gasteiger charge is 2.06. The summed E-state index contributed by atoms with van der Waals surface area (Å²) in [5.41, 5.74) is 0.721. The molecule has 0 radical (unpaired) electrons. The summed E-state index contributed by atoms with van der Waals surface area (Å²) in [5.74, 6) is 0. The lowest BCUT2D eigenvalue weighted by atomic mass is 10.5. The van der Waals surface area contributed by atoms with Gasteiger partial charge >= 0.3 is 0 Å². The van der Waals surface area contributed by atoms with Crippen molar-refractivity contribution >= 4 is 28.7 Å². The van der Waals surface area contributed by atoms with E-state index in [1.54, 1.807) is 23.1 Å². The van der Waals surface area contributed by atoms with Crippen LogP contribution in [0.25, 0.3) is 5.52 Å². The molecule has 3 nitrogen and oxygen atoms in total. The average molecular weight is 188 g/mol. The highest BCUT2D eigenvalue weighted by Crippen LogP contribution is 2.24. The third kappa shape index (κ3) is 0.968. The molecular weight excluding hydrogens is 185 g/mol. The fraction of sp³-hybridized carbons (Fsp3) is 0. The van der Waals surface area contributed by atoms with Crippen molar-refractivity contribution in [3.05, 3.63) is 28.8 Å². The second-order valence-electron chi connectivity index (χ2n) is 2.01. The Morgan fingerprint density at radius 2 is 2.18 bits per heavy atom. The Morgan fingerprint density at radius 1 is 1.36 bits per heavy atom. The SMILES string of the molecule is Clc1nn2ccncc2c1Cl. The maximum atomic E-state index is 5.79. The Hall–Kier alpha value is -0.800. The molecule has 0 N–H and O–H groups in total. The minimum absolute atomic E-state index is 0.305.